The highest BCUT2D eigenvalue weighted by atomic mass is 16.6. The number of hydrogen-bond acceptors (Lipinski definition) is 3. The lowest BCUT2D eigenvalue weighted by atomic mass is 9.99. The van der Waals surface area contributed by atoms with Gasteiger partial charge in [0.1, 0.15) is 11.6 Å². The first-order valence-corrected chi connectivity index (χ1v) is 5.46. The molecule has 0 aromatic carbocycles. The van der Waals surface area contributed by atoms with Crippen molar-refractivity contribution in [3.05, 3.63) is 0 Å². The fraction of sp³-hybridized carbons (Fsp3) is 0.818. The van der Waals surface area contributed by atoms with E-state index < -0.39 is 23.6 Å². The molecule has 2 atom stereocenters. The van der Waals surface area contributed by atoms with Crippen LogP contribution in [0, 0.1) is 5.92 Å². The van der Waals surface area contributed by atoms with Gasteiger partial charge in [-0.2, -0.15) is 0 Å². The number of nitrogens with one attached hydrogen (secondary N) is 1. The number of primary amides is 1. The molecule has 5 heteroatoms. The van der Waals surface area contributed by atoms with Gasteiger partial charge in [0.15, 0.2) is 0 Å². The predicted octanol–water partition coefficient (Wildman–Crippen LogP) is 1.41. The van der Waals surface area contributed by atoms with Crippen LogP contribution in [0.3, 0.4) is 0 Å². The van der Waals surface area contributed by atoms with E-state index in [-0.39, 0.29) is 5.92 Å². The largest absolute Gasteiger partial charge is 0.444 e. The maximum absolute atomic E-state index is 11.5. The molecule has 0 saturated heterocycles. The Balaban J connectivity index is 4.42. The van der Waals surface area contributed by atoms with Gasteiger partial charge in [-0.3, -0.25) is 4.79 Å². The Hall–Kier alpha value is -1.26. The first-order chi connectivity index (χ1) is 7.17. The third-order valence-electron chi connectivity index (χ3n) is 2.19. The Labute approximate surface area is 96.7 Å². The Bertz CT molecular complexity index is 258. The first kappa shape index (κ1) is 14.7. The normalized spacial score (nSPS) is 15.1. The summed E-state index contributed by atoms with van der Waals surface area (Å²) in [5, 5.41) is 2.49. The average molecular weight is 230 g/mol. The number of ether oxygens (including phenoxy) is 1. The molecule has 3 N–H and O–H groups in total. The van der Waals surface area contributed by atoms with Crippen molar-refractivity contribution in [3.63, 3.8) is 0 Å². The van der Waals surface area contributed by atoms with Crippen molar-refractivity contribution in [2.75, 3.05) is 0 Å². The molecule has 2 amide bonds. The van der Waals surface area contributed by atoms with Crippen molar-refractivity contribution in [2.24, 2.45) is 11.7 Å². The van der Waals surface area contributed by atoms with Gasteiger partial charge in [-0.25, -0.2) is 4.79 Å². The molecule has 0 radical (unpaired) electrons. The van der Waals surface area contributed by atoms with Crippen molar-refractivity contribution in [3.8, 4) is 0 Å². The van der Waals surface area contributed by atoms with E-state index in [1.54, 1.807) is 20.8 Å². The molecule has 0 rings (SSSR count). The van der Waals surface area contributed by atoms with Gasteiger partial charge >= 0.3 is 6.09 Å². The van der Waals surface area contributed by atoms with E-state index in [1.807, 2.05) is 13.8 Å². The Kier molecular flexibility index (Phi) is 5.27. The number of nitrogens with two attached hydrogens (primary N) is 1. The predicted molar refractivity (Wildman–Crippen MR) is 61.8 cm³/mol. The summed E-state index contributed by atoms with van der Waals surface area (Å²) in [6.07, 6.45) is 0.139. The molecule has 0 aromatic heterocycles. The van der Waals surface area contributed by atoms with E-state index in [4.69, 9.17) is 10.5 Å². The van der Waals surface area contributed by atoms with Gasteiger partial charge in [0.05, 0.1) is 0 Å². The van der Waals surface area contributed by atoms with Crippen molar-refractivity contribution in [2.45, 2.75) is 52.7 Å². The molecule has 0 saturated carbocycles. The summed E-state index contributed by atoms with van der Waals surface area (Å²) in [6, 6.07) is -0.681. The van der Waals surface area contributed by atoms with Crippen molar-refractivity contribution in [1.29, 1.82) is 0 Å². The average Bonchev–Trinajstić information content (AvgIpc) is 2.09. The molecule has 0 aliphatic rings. The van der Waals surface area contributed by atoms with Gasteiger partial charge in [0, 0.05) is 0 Å². The number of hydrogen-bond donors (Lipinski definition) is 2. The first-order valence-electron chi connectivity index (χ1n) is 5.46. The number of carbonyl (C=O) groups is 2. The van der Waals surface area contributed by atoms with Crippen molar-refractivity contribution < 1.29 is 14.3 Å². The van der Waals surface area contributed by atoms with Crippen LogP contribution in [0.15, 0.2) is 0 Å². The van der Waals surface area contributed by atoms with E-state index in [1.165, 1.54) is 0 Å². The van der Waals surface area contributed by atoms with Crippen LogP contribution in [0.2, 0.25) is 0 Å². The maximum atomic E-state index is 11.5. The standard InChI is InChI=1S/C11H22N2O3/c1-6-7(2)8(9(12)14)13-10(15)16-11(3,4)5/h7-8H,6H2,1-5H3,(H2,12,14)(H,13,15)/t7?,8-/m1/s1. The summed E-state index contributed by atoms with van der Waals surface area (Å²) >= 11 is 0. The van der Waals surface area contributed by atoms with Crippen LogP contribution in [0.4, 0.5) is 4.79 Å². The highest BCUT2D eigenvalue weighted by Gasteiger charge is 2.26. The lowest BCUT2D eigenvalue weighted by Crippen LogP contribution is -2.49. The molecule has 0 heterocycles. The molecular weight excluding hydrogens is 208 g/mol. The Morgan fingerprint density at radius 3 is 2.19 bits per heavy atom. The maximum Gasteiger partial charge on any atom is 0.408 e. The quantitative estimate of drug-likeness (QED) is 0.766. The van der Waals surface area contributed by atoms with Crippen LogP contribution in [-0.4, -0.2) is 23.6 Å². The fourth-order valence-electron chi connectivity index (χ4n) is 1.16. The number of rotatable bonds is 4. The topological polar surface area (TPSA) is 81.4 Å². The number of alkyl carbamates (subject to hydrolysis) is 1. The second kappa shape index (κ2) is 5.72. The molecule has 1 unspecified atom stereocenters. The molecule has 0 spiro atoms. The minimum atomic E-state index is -0.681. The van der Waals surface area contributed by atoms with Crippen molar-refractivity contribution >= 4 is 12.0 Å². The summed E-state index contributed by atoms with van der Waals surface area (Å²) in [4.78, 5) is 22.6. The molecule has 0 fully saturated rings. The second-order valence-corrected chi connectivity index (χ2v) is 4.91. The molecule has 16 heavy (non-hydrogen) atoms. The summed E-state index contributed by atoms with van der Waals surface area (Å²) in [7, 11) is 0. The minimum Gasteiger partial charge on any atom is -0.444 e. The SMILES string of the molecule is CCC(C)[C@@H](NC(=O)OC(C)(C)C)C(N)=O. The molecule has 0 aromatic rings. The van der Waals surface area contributed by atoms with E-state index in [9.17, 15) is 9.59 Å². The van der Waals surface area contributed by atoms with Crippen LogP contribution >= 0.6 is 0 Å². The van der Waals surface area contributed by atoms with Gasteiger partial charge < -0.3 is 15.8 Å². The molecule has 0 bridgehead atoms. The highest BCUT2D eigenvalue weighted by Crippen LogP contribution is 2.10. The van der Waals surface area contributed by atoms with Gasteiger partial charge in [0.25, 0.3) is 0 Å². The van der Waals surface area contributed by atoms with Crippen LogP contribution in [0.25, 0.3) is 0 Å². The molecular formula is C11H22N2O3. The zero-order chi connectivity index (χ0) is 12.9. The third-order valence-corrected chi connectivity index (χ3v) is 2.19. The van der Waals surface area contributed by atoms with E-state index in [0.29, 0.717) is 0 Å². The van der Waals surface area contributed by atoms with Crippen molar-refractivity contribution in [1.82, 2.24) is 5.32 Å². The lowest BCUT2D eigenvalue weighted by molar-refractivity contribution is -0.121. The van der Waals surface area contributed by atoms with Gasteiger partial charge in [-0.05, 0) is 26.7 Å². The molecule has 5 nitrogen and oxygen atoms in total. The Morgan fingerprint density at radius 1 is 1.38 bits per heavy atom. The molecule has 0 aliphatic heterocycles. The highest BCUT2D eigenvalue weighted by molar-refractivity contribution is 5.84. The molecule has 0 aliphatic carbocycles. The minimum absolute atomic E-state index is 0.00924. The van der Waals surface area contributed by atoms with Crippen LogP contribution in [0.5, 0.6) is 0 Å². The summed E-state index contributed by atoms with van der Waals surface area (Å²) in [6.45, 7) is 9.06. The second-order valence-electron chi connectivity index (χ2n) is 4.91. The van der Waals surface area contributed by atoms with E-state index in [0.717, 1.165) is 6.42 Å². The van der Waals surface area contributed by atoms with Crippen LogP contribution < -0.4 is 11.1 Å². The lowest BCUT2D eigenvalue weighted by Gasteiger charge is -2.24. The summed E-state index contributed by atoms with van der Waals surface area (Å²) in [5.41, 5.74) is 4.63. The summed E-state index contributed by atoms with van der Waals surface area (Å²) < 4.78 is 5.06. The molecule has 94 valence electrons. The van der Waals surface area contributed by atoms with E-state index in [2.05, 4.69) is 5.32 Å². The van der Waals surface area contributed by atoms with E-state index >= 15 is 0 Å². The van der Waals surface area contributed by atoms with Crippen LogP contribution in [0.1, 0.15) is 41.0 Å². The van der Waals surface area contributed by atoms with Crippen LogP contribution in [-0.2, 0) is 9.53 Å². The smallest absolute Gasteiger partial charge is 0.408 e. The number of carbonyl (C=O) groups excluding carboxylic acids is 2. The monoisotopic (exact) mass is 230 g/mol. The Morgan fingerprint density at radius 2 is 1.88 bits per heavy atom. The van der Waals surface area contributed by atoms with Gasteiger partial charge in [-0.15, -0.1) is 0 Å². The van der Waals surface area contributed by atoms with Gasteiger partial charge in [0.2, 0.25) is 5.91 Å². The zero-order valence-electron chi connectivity index (χ0n) is 10.7. The fourth-order valence-corrected chi connectivity index (χ4v) is 1.16. The zero-order valence-corrected chi connectivity index (χ0v) is 10.7. The third kappa shape index (κ3) is 5.58. The van der Waals surface area contributed by atoms with Gasteiger partial charge in [-0.1, -0.05) is 20.3 Å². The number of amides is 2. The summed E-state index contributed by atoms with van der Waals surface area (Å²) in [5.74, 6) is -0.551.